The van der Waals surface area contributed by atoms with E-state index in [-0.39, 0.29) is 0 Å². The third-order valence-electron chi connectivity index (χ3n) is 1.91. The van der Waals surface area contributed by atoms with Gasteiger partial charge in [-0.3, -0.25) is 0 Å². The number of aryl methyl sites for hydroxylation is 1. The molecule has 4 heteroatoms. The monoisotopic (exact) mass is 201 g/mol. The molecule has 0 radical (unpaired) electrons. The number of aromatic nitrogens is 2. The zero-order chi connectivity index (χ0) is 10.7. The number of benzene rings is 1. The average molecular weight is 201 g/mol. The van der Waals surface area contributed by atoms with Gasteiger partial charge in [-0.15, -0.1) is 0 Å². The first-order valence-electron chi connectivity index (χ1n) is 4.57. The van der Waals surface area contributed by atoms with Crippen LogP contribution < -0.4 is 10.5 Å². The predicted molar refractivity (Wildman–Crippen MR) is 57.7 cm³/mol. The Labute approximate surface area is 87.7 Å². The van der Waals surface area contributed by atoms with Crippen LogP contribution in [0.15, 0.2) is 36.7 Å². The van der Waals surface area contributed by atoms with Crippen LogP contribution in [-0.4, -0.2) is 9.97 Å². The van der Waals surface area contributed by atoms with Gasteiger partial charge in [-0.1, -0.05) is 12.1 Å². The van der Waals surface area contributed by atoms with E-state index in [1.165, 1.54) is 6.33 Å². The molecule has 1 heterocycles. The minimum Gasteiger partial charge on any atom is -0.437 e. The molecule has 0 saturated heterocycles. The molecule has 2 N–H and O–H groups in total. The normalized spacial score (nSPS) is 9.93. The maximum Gasteiger partial charge on any atom is 0.222 e. The van der Waals surface area contributed by atoms with E-state index in [4.69, 9.17) is 10.5 Å². The summed E-state index contributed by atoms with van der Waals surface area (Å²) in [7, 11) is 0. The lowest BCUT2D eigenvalue weighted by atomic mass is 10.3. The molecule has 0 bridgehead atoms. The number of anilines is 1. The Morgan fingerprint density at radius 1 is 1.20 bits per heavy atom. The molecule has 0 aliphatic carbocycles. The standard InChI is InChI=1S/C11H11N3O/c1-8-6-11(14-7-13-8)15-10-5-3-2-4-9(10)12/h2-7H,12H2,1H3. The molecule has 0 atom stereocenters. The molecule has 0 amide bonds. The molecule has 0 saturated carbocycles. The zero-order valence-corrected chi connectivity index (χ0v) is 8.34. The van der Waals surface area contributed by atoms with Gasteiger partial charge in [-0.05, 0) is 19.1 Å². The number of ether oxygens (including phenoxy) is 1. The van der Waals surface area contributed by atoms with Crippen LogP contribution in [0.4, 0.5) is 5.69 Å². The number of nitrogens with zero attached hydrogens (tertiary/aromatic N) is 2. The lowest BCUT2D eigenvalue weighted by Crippen LogP contribution is -1.94. The Morgan fingerprint density at radius 2 is 2.00 bits per heavy atom. The van der Waals surface area contributed by atoms with Crippen molar-refractivity contribution in [3.8, 4) is 11.6 Å². The Balaban J connectivity index is 2.26. The molecule has 0 aliphatic rings. The Hall–Kier alpha value is -2.10. The summed E-state index contributed by atoms with van der Waals surface area (Å²) < 4.78 is 5.51. The van der Waals surface area contributed by atoms with E-state index < -0.39 is 0 Å². The third-order valence-corrected chi connectivity index (χ3v) is 1.91. The fourth-order valence-corrected chi connectivity index (χ4v) is 1.17. The van der Waals surface area contributed by atoms with Crippen LogP contribution in [0.5, 0.6) is 11.6 Å². The van der Waals surface area contributed by atoms with Gasteiger partial charge in [0, 0.05) is 11.8 Å². The van der Waals surface area contributed by atoms with Crippen molar-refractivity contribution in [2.24, 2.45) is 0 Å². The minimum atomic E-state index is 0.500. The first-order valence-corrected chi connectivity index (χ1v) is 4.57. The fourth-order valence-electron chi connectivity index (χ4n) is 1.17. The van der Waals surface area contributed by atoms with Crippen molar-refractivity contribution < 1.29 is 4.74 Å². The van der Waals surface area contributed by atoms with Gasteiger partial charge in [0.05, 0.1) is 5.69 Å². The van der Waals surface area contributed by atoms with Crippen molar-refractivity contribution in [3.63, 3.8) is 0 Å². The third kappa shape index (κ3) is 2.22. The topological polar surface area (TPSA) is 61.0 Å². The molecule has 1 aromatic carbocycles. The van der Waals surface area contributed by atoms with E-state index in [9.17, 15) is 0 Å². The van der Waals surface area contributed by atoms with Crippen molar-refractivity contribution in [1.29, 1.82) is 0 Å². The number of nitrogens with two attached hydrogens (primary N) is 1. The first kappa shape index (κ1) is 9.45. The molecule has 4 nitrogen and oxygen atoms in total. The number of para-hydroxylation sites is 2. The minimum absolute atomic E-state index is 0.500. The van der Waals surface area contributed by atoms with Gasteiger partial charge in [0.25, 0.3) is 0 Å². The van der Waals surface area contributed by atoms with Crippen LogP contribution in [0.2, 0.25) is 0 Å². The highest BCUT2D eigenvalue weighted by Gasteiger charge is 2.01. The summed E-state index contributed by atoms with van der Waals surface area (Å²) in [6.45, 7) is 1.88. The van der Waals surface area contributed by atoms with Crippen LogP contribution in [0, 0.1) is 6.92 Å². The maximum absolute atomic E-state index is 5.74. The van der Waals surface area contributed by atoms with Gasteiger partial charge in [0.2, 0.25) is 5.88 Å². The summed E-state index contributed by atoms with van der Waals surface area (Å²) in [5.74, 6) is 1.11. The van der Waals surface area contributed by atoms with Crippen LogP contribution >= 0.6 is 0 Å². The van der Waals surface area contributed by atoms with E-state index in [2.05, 4.69) is 9.97 Å². The fraction of sp³-hybridized carbons (Fsp3) is 0.0909. The van der Waals surface area contributed by atoms with Gasteiger partial charge >= 0.3 is 0 Å². The number of rotatable bonds is 2. The number of nitrogen functional groups attached to an aromatic ring is 1. The lowest BCUT2D eigenvalue weighted by Gasteiger charge is -2.06. The predicted octanol–water partition coefficient (Wildman–Crippen LogP) is 2.16. The second-order valence-electron chi connectivity index (χ2n) is 3.14. The van der Waals surface area contributed by atoms with E-state index in [0.717, 1.165) is 5.69 Å². The second-order valence-corrected chi connectivity index (χ2v) is 3.14. The maximum atomic E-state index is 5.74. The number of hydrogen-bond donors (Lipinski definition) is 1. The zero-order valence-electron chi connectivity index (χ0n) is 8.34. The Bertz CT molecular complexity index is 471. The van der Waals surface area contributed by atoms with E-state index in [1.54, 1.807) is 18.2 Å². The molecule has 0 spiro atoms. The molecule has 76 valence electrons. The van der Waals surface area contributed by atoms with Crippen molar-refractivity contribution in [2.75, 3.05) is 5.73 Å². The average Bonchev–Trinajstić information content (AvgIpc) is 2.22. The Kier molecular flexibility index (Phi) is 2.49. The highest BCUT2D eigenvalue weighted by molar-refractivity contribution is 5.52. The molecule has 0 fully saturated rings. The molecular formula is C11H11N3O. The van der Waals surface area contributed by atoms with Gasteiger partial charge in [-0.2, -0.15) is 0 Å². The summed E-state index contributed by atoms with van der Waals surface area (Å²) in [5, 5.41) is 0. The summed E-state index contributed by atoms with van der Waals surface area (Å²) in [4.78, 5) is 7.97. The lowest BCUT2D eigenvalue weighted by molar-refractivity contribution is 0.463. The second kappa shape index (κ2) is 3.96. The van der Waals surface area contributed by atoms with Gasteiger partial charge in [0.15, 0.2) is 5.75 Å². The van der Waals surface area contributed by atoms with E-state index in [1.807, 2.05) is 19.1 Å². The van der Waals surface area contributed by atoms with Crippen molar-refractivity contribution in [1.82, 2.24) is 9.97 Å². The van der Waals surface area contributed by atoms with Crippen LogP contribution in [0.25, 0.3) is 0 Å². The molecule has 1 aromatic heterocycles. The largest absolute Gasteiger partial charge is 0.437 e. The molecule has 15 heavy (non-hydrogen) atoms. The summed E-state index contributed by atoms with van der Waals surface area (Å²) in [5.41, 5.74) is 7.19. The molecular weight excluding hydrogens is 190 g/mol. The highest BCUT2D eigenvalue weighted by Crippen LogP contribution is 2.25. The van der Waals surface area contributed by atoms with Crippen molar-refractivity contribution in [3.05, 3.63) is 42.4 Å². The van der Waals surface area contributed by atoms with Crippen molar-refractivity contribution in [2.45, 2.75) is 6.92 Å². The highest BCUT2D eigenvalue weighted by atomic mass is 16.5. The summed E-state index contributed by atoms with van der Waals surface area (Å²) in [6.07, 6.45) is 1.46. The Morgan fingerprint density at radius 3 is 2.73 bits per heavy atom. The molecule has 2 aromatic rings. The first-order chi connectivity index (χ1) is 7.25. The number of hydrogen-bond acceptors (Lipinski definition) is 4. The van der Waals surface area contributed by atoms with Gasteiger partial charge in [-0.25, -0.2) is 9.97 Å². The smallest absolute Gasteiger partial charge is 0.222 e. The van der Waals surface area contributed by atoms with Crippen LogP contribution in [0.1, 0.15) is 5.69 Å². The van der Waals surface area contributed by atoms with Gasteiger partial charge < -0.3 is 10.5 Å². The van der Waals surface area contributed by atoms with Crippen LogP contribution in [-0.2, 0) is 0 Å². The SMILES string of the molecule is Cc1cc(Oc2ccccc2N)ncn1. The molecule has 0 aliphatic heterocycles. The van der Waals surface area contributed by atoms with E-state index in [0.29, 0.717) is 17.3 Å². The molecule has 0 unspecified atom stereocenters. The summed E-state index contributed by atoms with van der Waals surface area (Å²) >= 11 is 0. The van der Waals surface area contributed by atoms with Crippen LogP contribution in [0.3, 0.4) is 0 Å². The summed E-state index contributed by atoms with van der Waals surface area (Å²) in [6, 6.07) is 9.05. The quantitative estimate of drug-likeness (QED) is 0.756. The van der Waals surface area contributed by atoms with Gasteiger partial charge in [0.1, 0.15) is 6.33 Å². The van der Waals surface area contributed by atoms with Crippen molar-refractivity contribution >= 4 is 5.69 Å². The van der Waals surface area contributed by atoms with E-state index >= 15 is 0 Å². The molecule has 2 rings (SSSR count).